The largest absolute Gasteiger partial charge is 0.456 e. The van der Waals surface area contributed by atoms with E-state index in [0.717, 1.165) is 11.1 Å². The van der Waals surface area contributed by atoms with Gasteiger partial charge in [0.05, 0.1) is 10.8 Å². The van der Waals surface area contributed by atoms with Crippen LogP contribution in [0.3, 0.4) is 0 Å². The number of hydrogen-bond acceptors (Lipinski definition) is 4. The predicted octanol–water partition coefficient (Wildman–Crippen LogP) is 6.92. The van der Waals surface area contributed by atoms with Crippen LogP contribution in [0.1, 0.15) is 0 Å². The van der Waals surface area contributed by atoms with Crippen molar-refractivity contribution in [3.63, 3.8) is 0 Å². The summed E-state index contributed by atoms with van der Waals surface area (Å²) < 4.78 is 11.5. The zero-order valence-corrected chi connectivity index (χ0v) is 18.2. The third-order valence-electron chi connectivity index (χ3n) is 5.39. The molecule has 6 rings (SSSR count). The molecule has 0 saturated heterocycles. The Bertz CT molecular complexity index is 1550. The first kappa shape index (κ1) is 21.2. The quantitative estimate of drug-likeness (QED) is 0.291. The SMILES string of the molecule is O=c1cc(-c2ccccc2)oc2ccccc12.O=c1cc(-c2ccccc2)oc2ccccc12. The third kappa shape index (κ3) is 4.43. The fourth-order valence-corrected chi connectivity index (χ4v) is 3.70. The third-order valence-corrected chi connectivity index (χ3v) is 5.39. The molecule has 0 N–H and O–H groups in total. The van der Waals surface area contributed by atoms with Gasteiger partial charge in [0.15, 0.2) is 10.9 Å². The van der Waals surface area contributed by atoms with E-state index in [1.807, 2.05) is 97.1 Å². The molecule has 0 aliphatic heterocycles. The summed E-state index contributed by atoms with van der Waals surface area (Å²) in [4.78, 5) is 23.8. The monoisotopic (exact) mass is 444 g/mol. The molecule has 164 valence electrons. The van der Waals surface area contributed by atoms with Crippen LogP contribution in [-0.4, -0.2) is 0 Å². The molecule has 34 heavy (non-hydrogen) atoms. The molecule has 0 bridgehead atoms. The van der Waals surface area contributed by atoms with Gasteiger partial charge in [0.2, 0.25) is 0 Å². The Morgan fingerprint density at radius 3 is 1.18 bits per heavy atom. The summed E-state index contributed by atoms with van der Waals surface area (Å²) in [6.45, 7) is 0. The summed E-state index contributed by atoms with van der Waals surface area (Å²) in [6.07, 6.45) is 0. The maximum absolute atomic E-state index is 11.9. The minimum atomic E-state index is -0.00861. The van der Waals surface area contributed by atoms with Crippen LogP contribution in [0.4, 0.5) is 0 Å². The van der Waals surface area contributed by atoms with E-state index in [1.165, 1.54) is 12.1 Å². The standard InChI is InChI=1S/2C15H10O2/c2*16-13-10-15(11-6-2-1-3-7-11)17-14-9-5-4-8-12(13)14/h2*1-10H. The number of fused-ring (bicyclic) bond motifs is 2. The molecule has 2 heterocycles. The van der Waals surface area contributed by atoms with Crippen molar-refractivity contribution in [2.45, 2.75) is 0 Å². The maximum Gasteiger partial charge on any atom is 0.193 e. The average molecular weight is 444 g/mol. The van der Waals surface area contributed by atoms with Gasteiger partial charge < -0.3 is 8.83 Å². The van der Waals surface area contributed by atoms with Crippen molar-refractivity contribution in [3.05, 3.63) is 142 Å². The molecule has 2 aromatic heterocycles. The van der Waals surface area contributed by atoms with Gasteiger partial charge in [-0.15, -0.1) is 0 Å². The average Bonchev–Trinajstić information content (AvgIpc) is 2.90. The Labute approximate surface area is 195 Å². The first-order valence-electron chi connectivity index (χ1n) is 10.9. The van der Waals surface area contributed by atoms with Crippen molar-refractivity contribution >= 4 is 21.9 Å². The van der Waals surface area contributed by atoms with Gasteiger partial charge in [0.25, 0.3) is 0 Å². The second-order valence-corrected chi connectivity index (χ2v) is 7.67. The molecule has 0 amide bonds. The minimum Gasteiger partial charge on any atom is -0.456 e. The van der Waals surface area contributed by atoms with E-state index >= 15 is 0 Å². The number of para-hydroxylation sites is 2. The second kappa shape index (κ2) is 9.43. The van der Waals surface area contributed by atoms with Crippen LogP contribution in [0.2, 0.25) is 0 Å². The van der Waals surface area contributed by atoms with Crippen LogP contribution in [-0.2, 0) is 0 Å². The summed E-state index contributed by atoms with van der Waals surface area (Å²) in [6, 6.07) is 36.9. The molecule has 0 aliphatic carbocycles. The topological polar surface area (TPSA) is 60.4 Å². The Kier molecular flexibility index (Phi) is 5.87. The van der Waals surface area contributed by atoms with Gasteiger partial charge in [0.1, 0.15) is 22.7 Å². The Balaban J connectivity index is 0.000000142. The molecule has 6 aromatic rings. The van der Waals surface area contributed by atoms with Gasteiger partial charge in [0, 0.05) is 23.3 Å². The van der Waals surface area contributed by atoms with E-state index in [2.05, 4.69) is 0 Å². The van der Waals surface area contributed by atoms with E-state index in [9.17, 15) is 9.59 Å². The van der Waals surface area contributed by atoms with Crippen LogP contribution < -0.4 is 10.9 Å². The van der Waals surface area contributed by atoms with Crippen LogP contribution in [0.25, 0.3) is 44.6 Å². The first-order valence-corrected chi connectivity index (χ1v) is 10.9. The number of rotatable bonds is 2. The van der Waals surface area contributed by atoms with E-state index < -0.39 is 0 Å². The minimum absolute atomic E-state index is 0.00861. The number of hydrogen-bond donors (Lipinski definition) is 0. The molecule has 4 heteroatoms. The highest BCUT2D eigenvalue weighted by Gasteiger charge is 2.06. The maximum atomic E-state index is 11.9. The van der Waals surface area contributed by atoms with E-state index in [1.54, 1.807) is 12.1 Å². The van der Waals surface area contributed by atoms with Crippen molar-refractivity contribution in [1.29, 1.82) is 0 Å². The molecule has 0 spiro atoms. The van der Waals surface area contributed by atoms with E-state index in [4.69, 9.17) is 8.83 Å². The van der Waals surface area contributed by atoms with E-state index in [0.29, 0.717) is 33.5 Å². The predicted molar refractivity (Wildman–Crippen MR) is 136 cm³/mol. The molecule has 4 aromatic carbocycles. The Morgan fingerprint density at radius 1 is 0.412 bits per heavy atom. The normalized spacial score (nSPS) is 10.6. The molecular formula is C30H20O4. The lowest BCUT2D eigenvalue weighted by atomic mass is 10.1. The molecular weight excluding hydrogens is 424 g/mol. The first-order chi connectivity index (χ1) is 16.7. The fraction of sp³-hybridized carbons (Fsp3) is 0. The lowest BCUT2D eigenvalue weighted by Crippen LogP contribution is -1.99. The van der Waals surface area contributed by atoms with Gasteiger partial charge in [-0.05, 0) is 24.3 Å². The molecule has 0 aliphatic rings. The van der Waals surface area contributed by atoms with Crippen molar-refractivity contribution in [3.8, 4) is 22.6 Å². The van der Waals surface area contributed by atoms with Crippen molar-refractivity contribution < 1.29 is 8.83 Å². The Hall–Kier alpha value is -4.70. The lowest BCUT2D eigenvalue weighted by molar-refractivity contribution is 0.618. The van der Waals surface area contributed by atoms with Gasteiger partial charge in [-0.1, -0.05) is 84.9 Å². The molecule has 0 saturated carbocycles. The van der Waals surface area contributed by atoms with Gasteiger partial charge in [-0.2, -0.15) is 0 Å². The molecule has 0 radical (unpaired) electrons. The smallest absolute Gasteiger partial charge is 0.193 e. The van der Waals surface area contributed by atoms with Crippen LogP contribution in [0.15, 0.2) is 140 Å². The highest BCUT2D eigenvalue weighted by Crippen LogP contribution is 2.22. The van der Waals surface area contributed by atoms with Gasteiger partial charge in [-0.25, -0.2) is 0 Å². The van der Waals surface area contributed by atoms with Gasteiger partial charge >= 0.3 is 0 Å². The molecule has 0 atom stereocenters. The summed E-state index contributed by atoms with van der Waals surface area (Å²) in [7, 11) is 0. The van der Waals surface area contributed by atoms with Crippen molar-refractivity contribution in [2.75, 3.05) is 0 Å². The fourth-order valence-electron chi connectivity index (χ4n) is 3.70. The second-order valence-electron chi connectivity index (χ2n) is 7.67. The summed E-state index contributed by atoms with van der Waals surface area (Å²) in [5.74, 6) is 1.21. The highest BCUT2D eigenvalue weighted by molar-refractivity contribution is 5.79. The van der Waals surface area contributed by atoms with Crippen LogP contribution in [0.5, 0.6) is 0 Å². The molecule has 0 unspecified atom stereocenters. The van der Waals surface area contributed by atoms with Crippen molar-refractivity contribution in [2.24, 2.45) is 0 Å². The highest BCUT2D eigenvalue weighted by atomic mass is 16.3. The summed E-state index contributed by atoms with van der Waals surface area (Å²) >= 11 is 0. The molecule has 0 fully saturated rings. The zero-order valence-electron chi connectivity index (χ0n) is 18.2. The lowest BCUT2D eigenvalue weighted by Gasteiger charge is -2.02. The van der Waals surface area contributed by atoms with Crippen LogP contribution in [0, 0.1) is 0 Å². The van der Waals surface area contributed by atoms with Crippen LogP contribution >= 0.6 is 0 Å². The summed E-state index contributed by atoms with van der Waals surface area (Å²) in [5.41, 5.74) is 3.06. The van der Waals surface area contributed by atoms with Gasteiger partial charge in [-0.3, -0.25) is 9.59 Å². The Morgan fingerprint density at radius 2 is 0.765 bits per heavy atom. The van der Waals surface area contributed by atoms with E-state index in [-0.39, 0.29) is 10.9 Å². The summed E-state index contributed by atoms with van der Waals surface area (Å²) in [5, 5.41) is 1.24. The molecule has 4 nitrogen and oxygen atoms in total. The zero-order chi connectivity index (χ0) is 23.3. The number of benzene rings is 4. The van der Waals surface area contributed by atoms with Crippen molar-refractivity contribution in [1.82, 2.24) is 0 Å².